The van der Waals surface area contributed by atoms with Crippen LogP contribution in [0.4, 0.5) is 5.69 Å². The van der Waals surface area contributed by atoms with Gasteiger partial charge in [0.15, 0.2) is 0 Å². The van der Waals surface area contributed by atoms with E-state index in [1.54, 1.807) is 12.1 Å². The molecule has 0 aliphatic rings. The summed E-state index contributed by atoms with van der Waals surface area (Å²) in [5.41, 5.74) is 6.60. The van der Waals surface area contributed by atoms with Crippen LogP contribution in [-0.2, 0) is 4.79 Å². The van der Waals surface area contributed by atoms with Gasteiger partial charge in [0.05, 0.1) is 22.3 Å². The maximum Gasteiger partial charge on any atom is 0.224 e. The minimum Gasteiger partial charge on any atom is -0.328 e. The van der Waals surface area contributed by atoms with Gasteiger partial charge < -0.3 is 11.1 Å². The lowest BCUT2D eigenvalue weighted by atomic mass is 10.1. The van der Waals surface area contributed by atoms with Gasteiger partial charge in [-0.1, -0.05) is 11.6 Å². The van der Waals surface area contributed by atoms with Crippen LogP contribution in [0.3, 0.4) is 0 Å². The fraction of sp³-hybridized carbons (Fsp3) is 0.385. The SMILES string of the molecule is CC(N)CCCC(=O)Nc1ccc(C#N)cc1Cl. The van der Waals surface area contributed by atoms with Gasteiger partial charge in [-0.15, -0.1) is 0 Å². The number of anilines is 1. The second kappa shape index (κ2) is 7.00. The van der Waals surface area contributed by atoms with E-state index in [-0.39, 0.29) is 11.9 Å². The number of amides is 1. The Bertz CT molecular complexity index is 466. The lowest BCUT2D eigenvalue weighted by Gasteiger charge is -2.08. The number of hydrogen-bond donors (Lipinski definition) is 2. The second-order valence-electron chi connectivity index (χ2n) is 4.22. The summed E-state index contributed by atoms with van der Waals surface area (Å²) in [7, 11) is 0. The summed E-state index contributed by atoms with van der Waals surface area (Å²) >= 11 is 5.95. The molecule has 1 aromatic rings. The van der Waals surface area contributed by atoms with Gasteiger partial charge >= 0.3 is 0 Å². The molecule has 18 heavy (non-hydrogen) atoms. The fourth-order valence-electron chi connectivity index (χ4n) is 1.48. The van der Waals surface area contributed by atoms with Crippen LogP contribution < -0.4 is 11.1 Å². The predicted molar refractivity (Wildman–Crippen MR) is 72.3 cm³/mol. The molecule has 0 aliphatic carbocycles. The Balaban J connectivity index is 2.52. The van der Waals surface area contributed by atoms with Crippen LogP contribution in [0, 0.1) is 11.3 Å². The number of nitrogens with one attached hydrogen (secondary N) is 1. The van der Waals surface area contributed by atoms with Crippen LogP contribution in [0.1, 0.15) is 31.7 Å². The minimum atomic E-state index is -0.0951. The van der Waals surface area contributed by atoms with E-state index in [1.165, 1.54) is 6.07 Å². The highest BCUT2D eigenvalue weighted by Crippen LogP contribution is 2.23. The topological polar surface area (TPSA) is 78.9 Å². The van der Waals surface area contributed by atoms with Crippen molar-refractivity contribution in [1.82, 2.24) is 0 Å². The summed E-state index contributed by atoms with van der Waals surface area (Å²) in [5, 5.41) is 11.8. The van der Waals surface area contributed by atoms with E-state index in [0.717, 1.165) is 12.8 Å². The van der Waals surface area contributed by atoms with Crippen molar-refractivity contribution in [2.45, 2.75) is 32.2 Å². The van der Waals surface area contributed by atoms with Gasteiger partial charge in [0.2, 0.25) is 5.91 Å². The molecule has 5 heteroatoms. The summed E-state index contributed by atoms with van der Waals surface area (Å²) < 4.78 is 0. The molecule has 1 atom stereocenters. The Kier molecular flexibility index (Phi) is 5.63. The molecule has 0 bridgehead atoms. The van der Waals surface area contributed by atoms with E-state index in [2.05, 4.69) is 5.32 Å². The Labute approximate surface area is 112 Å². The van der Waals surface area contributed by atoms with Gasteiger partial charge in [-0.3, -0.25) is 4.79 Å². The van der Waals surface area contributed by atoms with Crippen molar-refractivity contribution in [2.24, 2.45) is 5.73 Å². The van der Waals surface area contributed by atoms with E-state index in [1.807, 2.05) is 13.0 Å². The number of benzene rings is 1. The van der Waals surface area contributed by atoms with Crippen LogP contribution in [0.15, 0.2) is 18.2 Å². The molecule has 1 rings (SSSR count). The second-order valence-corrected chi connectivity index (χ2v) is 4.63. The highest BCUT2D eigenvalue weighted by Gasteiger charge is 2.07. The first kappa shape index (κ1) is 14.5. The van der Waals surface area contributed by atoms with Crippen molar-refractivity contribution in [3.8, 4) is 6.07 Å². The smallest absolute Gasteiger partial charge is 0.224 e. The van der Waals surface area contributed by atoms with E-state index < -0.39 is 0 Å². The highest BCUT2D eigenvalue weighted by molar-refractivity contribution is 6.33. The van der Waals surface area contributed by atoms with Crippen LogP contribution in [0.2, 0.25) is 5.02 Å². The number of carbonyl (C=O) groups is 1. The summed E-state index contributed by atoms with van der Waals surface area (Å²) in [6.07, 6.45) is 1.98. The third kappa shape index (κ3) is 4.74. The van der Waals surface area contributed by atoms with Crippen LogP contribution in [-0.4, -0.2) is 11.9 Å². The Hall–Kier alpha value is -1.57. The molecule has 0 spiro atoms. The maximum absolute atomic E-state index is 11.6. The van der Waals surface area contributed by atoms with Crippen molar-refractivity contribution < 1.29 is 4.79 Å². The number of halogens is 1. The predicted octanol–water partition coefficient (Wildman–Crippen LogP) is 2.67. The number of nitrogens with zero attached hydrogens (tertiary/aromatic N) is 1. The number of carbonyl (C=O) groups excluding carboxylic acids is 1. The monoisotopic (exact) mass is 265 g/mol. The van der Waals surface area contributed by atoms with Gasteiger partial charge in [0, 0.05) is 12.5 Å². The fourth-order valence-corrected chi connectivity index (χ4v) is 1.71. The molecule has 1 aromatic carbocycles. The highest BCUT2D eigenvalue weighted by atomic mass is 35.5. The maximum atomic E-state index is 11.6. The molecule has 0 saturated heterocycles. The van der Waals surface area contributed by atoms with Crippen molar-refractivity contribution in [2.75, 3.05) is 5.32 Å². The number of hydrogen-bond acceptors (Lipinski definition) is 3. The van der Waals surface area contributed by atoms with Gasteiger partial charge in [-0.25, -0.2) is 0 Å². The number of nitrogens with two attached hydrogens (primary N) is 1. The molecular weight excluding hydrogens is 250 g/mol. The Morgan fingerprint density at radius 3 is 2.89 bits per heavy atom. The van der Waals surface area contributed by atoms with Crippen LogP contribution in [0.25, 0.3) is 0 Å². The molecule has 1 unspecified atom stereocenters. The molecule has 0 aliphatic heterocycles. The zero-order valence-corrected chi connectivity index (χ0v) is 11.0. The Morgan fingerprint density at radius 1 is 1.61 bits per heavy atom. The molecule has 0 saturated carbocycles. The molecule has 96 valence electrons. The molecule has 0 radical (unpaired) electrons. The van der Waals surface area contributed by atoms with E-state index >= 15 is 0 Å². The molecule has 4 nitrogen and oxygen atoms in total. The third-order valence-corrected chi connectivity index (χ3v) is 2.75. The molecule has 1 amide bonds. The number of nitriles is 1. The van der Waals surface area contributed by atoms with E-state index in [0.29, 0.717) is 22.7 Å². The van der Waals surface area contributed by atoms with Crippen molar-refractivity contribution in [1.29, 1.82) is 5.26 Å². The van der Waals surface area contributed by atoms with Gasteiger partial charge in [0.25, 0.3) is 0 Å². The first-order chi connectivity index (χ1) is 8.52. The molecule has 0 aromatic heterocycles. The quantitative estimate of drug-likeness (QED) is 0.859. The lowest BCUT2D eigenvalue weighted by Crippen LogP contribution is -2.17. The molecule has 0 fully saturated rings. The summed E-state index contributed by atoms with van der Waals surface area (Å²) in [6.45, 7) is 1.91. The zero-order chi connectivity index (χ0) is 13.5. The molecule has 3 N–H and O–H groups in total. The largest absolute Gasteiger partial charge is 0.328 e. The van der Waals surface area contributed by atoms with Crippen LogP contribution >= 0.6 is 11.6 Å². The van der Waals surface area contributed by atoms with Gasteiger partial charge in [-0.2, -0.15) is 5.26 Å². The number of rotatable bonds is 5. The Morgan fingerprint density at radius 2 is 2.33 bits per heavy atom. The summed E-state index contributed by atoms with van der Waals surface area (Å²) in [6, 6.07) is 6.86. The minimum absolute atomic E-state index is 0.0951. The van der Waals surface area contributed by atoms with E-state index in [4.69, 9.17) is 22.6 Å². The normalized spacial score (nSPS) is 11.7. The van der Waals surface area contributed by atoms with Gasteiger partial charge in [-0.05, 0) is 38.0 Å². The average Bonchev–Trinajstić information content (AvgIpc) is 2.31. The first-order valence-corrected chi connectivity index (χ1v) is 6.16. The third-order valence-electron chi connectivity index (χ3n) is 2.44. The molecule has 0 heterocycles. The summed E-state index contributed by atoms with van der Waals surface area (Å²) in [5.74, 6) is -0.0951. The van der Waals surface area contributed by atoms with Crippen molar-refractivity contribution in [3.05, 3.63) is 28.8 Å². The standard InChI is InChI=1S/C13H16ClN3O/c1-9(16)3-2-4-13(18)17-12-6-5-10(8-15)7-11(12)14/h5-7,9H,2-4,16H2,1H3,(H,17,18). The van der Waals surface area contributed by atoms with Gasteiger partial charge in [0.1, 0.15) is 0 Å². The van der Waals surface area contributed by atoms with E-state index in [9.17, 15) is 4.79 Å². The van der Waals surface area contributed by atoms with Crippen LogP contribution in [0.5, 0.6) is 0 Å². The molecular formula is C13H16ClN3O. The summed E-state index contributed by atoms with van der Waals surface area (Å²) in [4.78, 5) is 11.6. The van der Waals surface area contributed by atoms with Crippen molar-refractivity contribution >= 4 is 23.2 Å². The average molecular weight is 266 g/mol. The lowest BCUT2D eigenvalue weighted by molar-refractivity contribution is -0.116. The first-order valence-electron chi connectivity index (χ1n) is 5.78. The van der Waals surface area contributed by atoms with Crippen molar-refractivity contribution in [3.63, 3.8) is 0 Å². The zero-order valence-electron chi connectivity index (χ0n) is 10.2.